The van der Waals surface area contributed by atoms with Crippen molar-refractivity contribution in [2.75, 3.05) is 0 Å². The van der Waals surface area contributed by atoms with Gasteiger partial charge in [-0.2, -0.15) is 5.26 Å². The molecule has 1 aromatic carbocycles. The molecule has 0 aliphatic carbocycles. The fourth-order valence-electron chi connectivity index (χ4n) is 1.78. The normalized spacial score (nSPS) is 10.2. The Hall–Kier alpha value is -2.28. The van der Waals surface area contributed by atoms with E-state index in [9.17, 15) is 4.79 Å². The van der Waals surface area contributed by atoms with E-state index < -0.39 is 5.97 Å². The number of carboxylic acids is 1. The van der Waals surface area contributed by atoms with Gasteiger partial charge in [-0.3, -0.25) is 4.79 Å². The van der Waals surface area contributed by atoms with Gasteiger partial charge in [-0.05, 0) is 19.1 Å². The lowest BCUT2D eigenvalue weighted by atomic mass is 10.1. The van der Waals surface area contributed by atoms with Crippen molar-refractivity contribution in [2.45, 2.75) is 13.5 Å². The number of hydrogen-bond donors (Lipinski definition) is 1. The highest BCUT2D eigenvalue weighted by molar-refractivity contribution is 5.88. The predicted molar refractivity (Wildman–Crippen MR) is 59.0 cm³/mol. The molecule has 0 saturated heterocycles. The minimum absolute atomic E-state index is 0.124. The van der Waals surface area contributed by atoms with Crippen molar-refractivity contribution in [1.29, 1.82) is 5.26 Å². The average molecular weight is 214 g/mol. The van der Waals surface area contributed by atoms with Gasteiger partial charge in [-0.1, -0.05) is 11.6 Å². The van der Waals surface area contributed by atoms with Crippen LogP contribution < -0.4 is 0 Å². The molecule has 16 heavy (non-hydrogen) atoms. The molecule has 2 aromatic rings. The van der Waals surface area contributed by atoms with E-state index in [1.54, 1.807) is 10.8 Å². The van der Waals surface area contributed by atoms with Crippen LogP contribution in [0.4, 0.5) is 0 Å². The standard InChI is InChI=1S/C12H10N2O2/c1-8-2-3-11-10(4-8)9(5-13)6-14(11)7-12(15)16/h2-4,6H,7H2,1H3,(H,15,16). The third kappa shape index (κ3) is 1.63. The molecule has 4 nitrogen and oxygen atoms in total. The number of aryl methyl sites for hydroxylation is 1. The summed E-state index contributed by atoms with van der Waals surface area (Å²) < 4.78 is 1.58. The number of nitriles is 1. The van der Waals surface area contributed by atoms with Gasteiger partial charge < -0.3 is 9.67 Å². The van der Waals surface area contributed by atoms with Gasteiger partial charge in [0.2, 0.25) is 0 Å². The van der Waals surface area contributed by atoms with Gasteiger partial charge >= 0.3 is 5.97 Å². The Balaban J connectivity index is 2.69. The van der Waals surface area contributed by atoms with Gasteiger partial charge in [0.05, 0.1) is 5.56 Å². The zero-order valence-corrected chi connectivity index (χ0v) is 8.77. The second-order valence-electron chi connectivity index (χ2n) is 3.70. The molecule has 1 heterocycles. The van der Waals surface area contributed by atoms with Crippen LogP contribution in [0.15, 0.2) is 24.4 Å². The maximum atomic E-state index is 10.7. The molecule has 0 aliphatic heterocycles. The first-order chi connectivity index (χ1) is 7.61. The van der Waals surface area contributed by atoms with E-state index in [0.717, 1.165) is 16.5 Å². The summed E-state index contributed by atoms with van der Waals surface area (Å²) >= 11 is 0. The average Bonchev–Trinajstić information content (AvgIpc) is 2.55. The van der Waals surface area contributed by atoms with Crippen molar-refractivity contribution in [1.82, 2.24) is 4.57 Å². The summed E-state index contributed by atoms with van der Waals surface area (Å²) in [6.07, 6.45) is 1.58. The van der Waals surface area contributed by atoms with Gasteiger partial charge in [-0.25, -0.2) is 0 Å². The first-order valence-electron chi connectivity index (χ1n) is 4.83. The Morgan fingerprint density at radius 3 is 2.94 bits per heavy atom. The highest BCUT2D eigenvalue weighted by atomic mass is 16.4. The summed E-state index contributed by atoms with van der Waals surface area (Å²) in [6, 6.07) is 7.72. The van der Waals surface area contributed by atoms with Crippen molar-refractivity contribution >= 4 is 16.9 Å². The molecule has 0 spiro atoms. The lowest BCUT2D eigenvalue weighted by molar-refractivity contribution is -0.137. The zero-order chi connectivity index (χ0) is 11.7. The van der Waals surface area contributed by atoms with Crippen molar-refractivity contribution in [3.8, 4) is 6.07 Å². The zero-order valence-electron chi connectivity index (χ0n) is 8.77. The number of rotatable bonds is 2. The topological polar surface area (TPSA) is 66.0 Å². The Morgan fingerprint density at radius 1 is 1.56 bits per heavy atom. The SMILES string of the molecule is Cc1ccc2c(c1)c(C#N)cn2CC(=O)O. The van der Waals surface area contributed by atoms with Crippen LogP contribution in [0.1, 0.15) is 11.1 Å². The summed E-state index contributed by atoms with van der Waals surface area (Å²) in [4.78, 5) is 10.7. The molecule has 0 unspecified atom stereocenters. The molecule has 0 saturated carbocycles. The van der Waals surface area contributed by atoms with Gasteiger partial charge in [-0.15, -0.1) is 0 Å². The smallest absolute Gasteiger partial charge is 0.323 e. The van der Waals surface area contributed by atoms with E-state index in [1.165, 1.54) is 0 Å². The number of benzene rings is 1. The van der Waals surface area contributed by atoms with E-state index in [-0.39, 0.29) is 6.54 Å². The minimum Gasteiger partial charge on any atom is -0.480 e. The molecular formula is C12H10N2O2. The molecule has 1 N–H and O–H groups in total. The molecule has 0 atom stereocenters. The molecule has 0 radical (unpaired) electrons. The Kier molecular flexibility index (Phi) is 2.37. The Labute approximate surface area is 92.3 Å². The number of nitrogens with zero attached hydrogens (tertiary/aromatic N) is 2. The Bertz CT molecular complexity index is 605. The molecule has 0 bridgehead atoms. The van der Waals surface area contributed by atoms with Gasteiger partial charge in [0.15, 0.2) is 0 Å². The summed E-state index contributed by atoms with van der Waals surface area (Å²) in [7, 11) is 0. The summed E-state index contributed by atoms with van der Waals surface area (Å²) in [6.45, 7) is 1.82. The number of carboxylic acid groups (broad SMARTS) is 1. The number of fused-ring (bicyclic) bond motifs is 1. The first kappa shape index (κ1) is 10.2. The second-order valence-corrected chi connectivity index (χ2v) is 3.70. The fourth-order valence-corrected chi connectivity index (χ4v) is 1.78. The van der Waals surface area contributed by atoms with E-state index in [4.69, 9.17) is 10.4 Å². The largest absolute Gasteiger partial charge is 0.480 e. The van der Waals surface area contributed by atoms with Crippen LogP contribution in [0.2, 0.25) is 0 Å². The molecule has 4 heteroatoms. The van der Waals surface area contributed by atoms with Gasteiger partial charge in [0.1, 0.15) is 12.6 Å². The molecular weight excluding hydrogens is 204 g/mol. The van der Waals surface area contributed by atoms with Gasteiger partial charge in [0.25, 0.3) is 0 Å². The van der Waals surface area contributed by atoms with Crippen molar-refractivity contribution < 1.29 is 9.90 Å². The molecule has 1 aromatic heterocycles. The third-order valence-corrected chi connectivity index (χ3v) is 2.46. The van der Waals surface area contributed by atoms with E-state index in [0.29, 0.717) is 5.56 Å². The molecule has 0 fully saturated rings. The molecule has 0 aliphatic rings. The lowest BCUT2D eigenvalue weighted by Crippen LogP contribution is -2.07. The highest BCUT2D eigenvalue weighted by Crippen LogP contribution is 2.22. The monoisotopic (exact) mass is 214 g/mol. The number of hydrogen-bond acceptors (Lipinski definition) is 2. The first-order valence-corrected chi connectivity index (χ1v) is 4.83. The number of carbonyl (C=O) groups is 1. The Morgan fingerprint density at radius 2 is 2.31 bits per heavy atom. The third-order valence-electron chi connectivity index (χ3n) is 2.46. The van der Waals surface area contributed by atoms with Crippen molar-refractivity contribution in [3.63, 3.8) is 0 Å². The number of aromatic nitrogens is 1. The molecule has 80 valence electrons. The van der Waals surface area contributed by atoms with Crippen LogP contribution in [-0.2, 0) is 11.3 Å². The summed E-state index contributed by atoms with van der Waals surface area (Å²) in [5.74, 6) is -0.915. The minimum atomic E-state index is -0.915. The summed E-state index contributed by atoms with van der Waals surface area (Å²) in [5, 5.41) is 18.5. The van der Waals surface area contributed by atoms with Crippen LogP contribution in [-0.4, -0.2) is 15.6 Å². The maximum absolute atomic E-state index is 10.7. The van der Waals surface area contributed by atoms with Crippen LogP contribution in [0.3, 0.4) is 0 Å². The number of aliphatic carboxylic acids is 1. The fraction of sp³-hybridized carbons (Fsp3) is 0.167. The van der Waals surface area contributed by atoms with Crippen LogP contribution in [0, 0.1) is 18.3 Å². The van der Waals surface area contributed by atoms with E-state index in [2.05, 4.69) is 6.07 Å². The summed E-state index contributed by atoms with van der Waals surface area (Å²) in [5.41, 5.74) is 2.35. The lowest BCUT2D eigenvalue weighted by Gasteiger charge is -2.00. The van der Waals surface area contributed by atoms with Crippen LogP contribution >= 0.6 is 0 Å². The van der Waals surface area contributed by atoms with E-state index >= 15 is 0 Å². The van der Waals surface area contributed by atoms with Crippen molar-refractivity contribution in [3.05, 3.63) is 35.5 Å². The van der Waals surface area contributed by atoms with Crippen molar-refractivity contribution in [2.24, 2.45) is 0 Å². The molecule has 2 rings (SSSR count). The predicted octanol–water partition coefficient (Wildman–Crippen LogP) is 1.91. The second kappa shape index (κ2) is 3.70. The maximum Gasteiger partial charge on any atom is 0.323 e. The van der Waals surface area contributed by atoms with Crippen LogP contribution in [0.5, 0.6) is 0 Å². The van der Waals surface area contributed by atoms with E-state index in [1.807, 2.05) is 25.1 Å². The quantitative estimate of drug-likeness (QED) is 0.830. The molecule has 0 amide bonds. The highest BCUT2D eigenvalue weighted by Gasteiger charge is 2.10. The van der Waals surface area contributed by atoms with Crippen LogP contribution in [0.25, 0.3) is 10.9 Å². The van der Waals surface area contributed by atoms with Gasteiger partial charge in [0, 0.05) is 17.1 Å².